The average molecular weight is 449 g/mol. The minimum atomic E-state index is -0.102. The van der Waals surface area contributed by atoms with Crippen LogP contribution in [-0.2, 0) is 13.2 Å². The lowest BCUT2D eigenvalue weighted by molar-refractivity contribution is 0.0992. The molecule has 0 aliphatic carbocycles. The molecule has 5 heteroatoms. The molecule has 1 aliphatic rings. The van der Waals surface area contributed by atoms with Gasteiger partial charge < -0.3 is 9.64 Å². The number of carbonyl (C=O) groups is 1. The fourth-order valence-electron chi connectivity index (χ4n) is 3.99. The number of hydrogen-bond donors (Lipinski definition) is 0. The topological polar surface area (TPSA) is 32.8 Å². The Balaban J connectivity index is 1.41. The zero-order valence-corrected chi connectivity index (χ0v) is 19.2. The van der Waals surface area contributed by atoms with Crippen LogP contribution < -0.4 is 9.64 Å². The van der Waals surface area contributed by atoms with Crippen molar-refractivity contribution in [3.63, 3.8) is 0 Å². The zero-order valence-electron chi connectivity index (χ0n) is 18.5. The maximum absolute atomic E-state index is 13.1. The Bertz CT molecular complexity index is 1030. The van der Waals surface area contributed by atoms with Crippen molar-refractivity contribution in [2.45, 2.75) is 32.4 Å². The minimum Gasteiger partial charge on any atom is -0.487 e. The van der Waals surface area contributed by atoms with Gasteiger partial charge in [0.25, 0.3) is 5.91 Å². The molecule has 4 rings (SSSR count). The molecule has 0 unspecified atom stereocenters. The first-order valence-corrected chi connectivity index (χ1v) is 11.5. The van der Waals surface area contributed by atoms with E-state index in [1.54, 1.807) is 30.1 Å². The zero-order chi connectivity index (χ0) is 22.3. The highest BCUT2D eigenvalue weighted by molar-refractivity contribution is 6.32. The van der Waals surface area contributed by atoms with Crippen molar-refractivity contribution in [3.8, 4) is 5.75 Å². The Hall–Kier alpha value is -2.82. The predicted octanol–water partition coefficient (Wildman–Crippen LogP) is 6.18. The summed E-state index contributed by atoms with van der Waals surface area (Å²) in [7, 11) is 1.79. The molecule has 3 aromatic carbocycles. The van der Waals surface area contributed by atoms with Crippen molar-refractivity contribution in [2.24, 2.45) is 0 Å². The maximum atomic E-state index is 13.1. The summed E-state index contributed by atoms with van der Waals surface area (Å²) in [5, 5.41) is 0.488. The van der Waals surface area contributed by atoms with E-state index in [2.05, 4.69) is 17.0 Å². The lowest BCUT2D eigenvalue weighted by Gasteiger charge is -2.26. The smallest absolute Gasteiger partial charge is 0.258 e. The van der Waals surface area contributed by atoms with Crippen molar-refractivity contribution in [2.75, 3.05) is 25.0 Å². The van der Waals surface area contributed by atoms with Crippen LogP contribution in [0.1, 0.15) is 40.7 Å². The summed E-state index contributed by atoms with van der Waals surface area (Å²) in [6.45, 7) is 3.71. The number of likely N-dealkylation sites (tertiary alicyclic amines) is 1. The van der Waals surface area contributed by atoms with Crippen LogP contribution in [0.15, 0.2) is 72.8 Å². The fourth-order valence-corrected chi connectivity index (χ4v) is 4.17. The molecule has 1 heterocycles. The van der Waals surface area contributed by atoms with E-state index >= 15 is 0 Å². The molecular weight excluding hydrogens is 420 g/mol. The Morgan fingerprint density at radius 2 is 1.66 bits per heavy atom. The number of benzene rings is 3. The van der Waals surface area contributed by atoms with Gasteiger partial charge in [-0.05, 0) is 67.4 Å². The third-order valence-corrected chi connectivity index (χ3v) is 6.21. The first-order chi connectivity index (χ1) is 15.6. The quantitative estimate of drug-likeness (QED) is 0.432. The van der Waals surface area contributed by atoms with E-state index in [0.717, 1.165) is 17.8 Å². The van der Waals surface area contributed by atoms with Gasteiger partial charge in [-0.15, -0.1) is 0 Å². The van der Waals surface area contributed by atoms with Crippen LogP contribution in [0.25, 0.3) is 0 Å². The van der Waals surface area contributed by atoms with E-state index in [-0.39, 0.29) is 5.91 Å². The summed E-state index contributed by atoms with van der Waals surface area (Å²) in [6.07, 6.45) is 3.91. The highest BCUT2D eigenvalue weighted by Crippen LogP contribution is 2.28. The standard InChI is InChI=1S/C27H29ClN2O2/c1-29(24-13-10-21(11-14-24)19-30-16-6-3-7-17-30)27(31)23-12-15-25(28)26(18-23)32-20-22-8-4-2-5-9-22/h2,4-5,8-15,18H,3,6-7,16-17,19-20H2,1H3. The monoisotopic (exact) mass is 448 g/mol. The van der Waals surface area contributed by atoms with Crippen molar-refractivity contribution in [1.82, 2.24) is 4.90 Å². The Kier molecular flexibility index (Phi) is 7.46. The van der Waals surface area contributed by atoms with E-state index in [4.69, 9.17) is 16.3 Å². The van der Waals surface area contributed by atoms with Crippen LogP contribution in [0, 0.1) is 0 Å². The van der Waals surface area contributed by atoms with Gasteiger partial charge in [-0.1, -0.05) is 60.5 Å². The molecule has 4 nitrogen and oxygen atoms in total. The molecule has 1 amide bonds. The lowest BCUT2D eigenvalue weighted by atomic mass is 10.1. The molecule has 1 saturated heterocycles. The number of ether oxygens (including phenoxy) is 1. The highest BCUT2D eigenvalue weighted by Gasteiger charge is 2.16. The van der Waals surface area contributed by atoms with Crippen LogP contribution in [0.4, 0.5) is 5.69 Å². The highest BCUT2D eigenvalue weighted by atomic mass is 35.5. The van der Waals surface area contributed by atoms with Crippen molar-refractivity contribution in [1.29, 1.82) is 0 Å². The second-order valence-corrected chi connectivity index (χ2v) is 8.69. The number of carbonyl (C=O) groups excluding carboxylic acids is 1. The van der Waals surface area contributed by atoms with Crippen LogP contribution in [0.5, 0.6) is 5.75 Å². The van der Waals surface area contributed by atoms with E-state index in [0.29, 0.717) is 22.9 Å². The van der Waals surface area contributed by atoms with E-state index < -0.39 is 0 Å². The van der Waals surface area contributed by atoms with Crippen molar-refractivity contribution in [3.05, 3.63) is 94.5 Å². The summed E-state index contributed by atoms with van der Waals surface area (Å²) < 4.78 is 5.88. The van der Waals surface area contributed by atoms with Gasteiger partial charge in [0.15, 0.2) is 0 Å². The molecule has 0 saturated carbocycles. The normalized spacial score (nSPS) is 14.2. The first kappa shape index (κ1) is 22.4. The minimum absolute atomic E-state index is 0.102. The largest absolute Gasteiger partial charge is 0.487 e. The summed E-state index contributed by atoms with van der Waals surface area (Å²) in [5.41, 5.74) is 3.72. The molecule has 0 aromatic heterocycles. The van der Waals surface area contributed by atoms with Gasteiger partial charge in [0.1, 0.15) is 12.4 Å². The molecule has 0 N–H and O–H groups in total. The number of amides is 1. The van der Waals surface area contributed by atoms with Gasteiger partial charge in [0.2, 0.25) is 0 Å². The Morgan fingerprint density at radius 3 is 2.38 bits per heavy atom. The third kappa shape index (κ3) is 5.70. The molecule has 1 aliphatic heterocycles. The molecule has 1 fully saturated rings. The molecule has 0 radical (unpaired) electrons. The molecular formula is C27H29ClN2O2. The summed E-state index contributed by atoms with van der Waals surface area (Å²) in [6, 6.07) is 23.3. The molecule has 0 atom stereocenters. The molecule has 0 spiro atoms. The number of halogens is 1. The summed E-state index contributed by atoms with van der Waals surface area (Å²) >= 11 is 6.31. The van der Waals surface area contributed by atoms with Gasteiger partial charge in [0, 0.05) is 24.8 Å². The molecule has 3 aromatic rings. The van der Waals surface area contributed by atoms with Crippen LogP contribution >= 0.6 is 11.6 Å². The van der Waals surface area contributed by atoms with E-state index in [1.807, 2.05) is 42.5 Å². The van der Waals surface area contributed by atoms with Gasteiger partial charge >= 0.3 is 0 Å². The Morgan fingerprint density at radius 1 is 0.938 bits per heavy atom. The van der Waals surface area contributed by atoms with Gasteiger partial charge in [-0.2, -0.15) is 0 Å². The Labute approximate surface area is 195 Å². The molecule has 166 valence electrons. The molecule has 32 heavy (non-hydrogen) atoms. The van der Waals surface area contributed by atoms with Crippen LogP contribution in [-0.4, -0.2) is 30.9 Å². The number of piperidine rings is 1. The first-order valence-electron chi connectivity index (χ1n) is 11.2. The summed E-state index contributed by atoms with van der Waals surface area (Å²) in [4.78, 5) is 17.3. The van der Waals surface area contributed by atoms with Gasteiger partial charge in [-0.3, -0.25) is 9.69 Å². The van der Waals surface area contributed by atoms with Crippen LogP contribution in [0.3, 0.4) is 0 Å². The van der Waals surface area contributed by atoms with Gasteiger partial charge in [0.05, 0.1) is 5.02 Å². The average Bonchev–Trinajstić information content (AvgIpc) is 2.84. The SMILES string of the molecule is CN(C(=O)c1ccc(Cl)c(OCc2ccccc2)c1)c1ccc(CN2CCCCC2)cc1. The number of hydrogen-bond acceptors (Lipinski definition) is 3. The maximum Gasteiger partial charge on any atom is 0.258 e. The third-order valence-electron chi connectivity index (χ3n) is 5.90. The van der Waals surface area contributed by atoms with Crippen molar-refractivity contribution >= 4 is 23.2 Å². The second-order valence-electron chi connectivity index (χ2n) is 8.29. The number of anilines is 1. The van der Waals surface area contributed by atoms with Crippen molar-refractivity contribution < 1.29 is 9.53 Å². The lowest BCUT2D eigenvalue weighted by Crippen LogP contribution is -2.29. The van der Waals surface area contributed by atoms with Crippen LogP contribution in [0.2, 0.25) is 5.02 Å². The second kappa shape index (κ2) is 10.7. The predicted molar refractivity (Wildman–Crippen MR) is 131 cm³/mol. The summed E-state index contributed by atoms with van der Waals surface area (Å²) in [5.74, 6) is 0.404. The number of nitrogens with zero attached hydrogens (tertiary/aromatic N) is 2. The van der Waals surface area contributed by atoms with E-state index in [9.17, 15) is 4.79 Å². The number of rotatable bonds is 7. The van der Waals surface area contributed by atoms with Gasteiger partial charge in [-0.25, -0.2) is 0 Å². The fraction of sp³-hybridized carbons (Fsp3) is 0.296. The van der Waals surface area contributed by atoms with E-state index in [1.165, 1.54) is 37.9 Å². The molecule has 0 bridgehead atoms.